The molecule has 1 aromatic carbocycles. The average molecular weight is 467 g/mol. The average Bonchev–Trinajstić information content (AvgIpc) is 2.73. The van der Waals surface area contributed by atoms with E-state index in [-0.39, 0.29) is 18.8 Å². The van der Waals surface area contributed by atoms with Gasteiger partial charge < -0.3 is 23.7 Å². The predicted molar refractivity (Wildman–Crippen MR) is 135 cm³/mol. The molecule has 184 valence electrons. The fourth-order valence-electron chi connectivity index (χ4n) is 4.83. The van der Waals surface area contributed by atoms with E-state index in [1.165, 1.54) is 0 Å². The topological polar surface area (TPSA) is 57.2 Å². The van der Waals surface area contributed by atoms with E-state index in [0.29, 0.717) is 36.3 Å². The number of aliphatic hydroxyl groups is 1. The van der Waals surface area contributed by atoms with E-state index >= 15 is 0 Å². The molecule has 3 atom stereocenters. The van der Waals surface area contributed by atoms with Gasteiger partial charge in [-0.25, -0.2) is 0 Å². The Hall–Kier alpha value is -1.18. The van der Waals surface area contributed by atoms with Crippen molar-refractivity contribution in [3.05, 3.63) is 42.5 Å². The van der Waals surface area contributed by atoms with Crippen molar-refractivity contribution in [3.8, 4) is 5.75 Å². The van der Waals surface area contributed by atoms with E-state index in [1.54, 1.807) is 7.11 Å². The van der Waals surface area contributed by atoms with Gasteiger partial charge in [0.05, 0.1) is 32.5 Å². The van der Waals surface area contributed by atoms with Crippen molar-refractivity contribution in [2.45, 2.75) is 90.3 Å². The molecule has 6 heteroatoms. The zero-order valence-corrected chi connectivity index (χ0v) is 22.5. The largest absolute Gasteiger partial charge is 0.497 e. The Morgan fingerprint density at radius 3 is 1.94 bits per heavy atom. The first kappa shape index (κ1) is 28.8. The zero-order valence-electron chi connectivity index (χ0n) is 21.5. The Kier molecular flexibility index (Phi) is 12.8. The minimum Gasteiger partial charge on any atom is -0.497 e. The summed E-state index contributed by atoms with van der Waals surface area (Å²) in [5.41, 5.74) is 2.46. The van der Waals surface area contributed by atoms with Crippen molar-refractivity contribution in [3.63, 3.8) is 0 Å². The number of ether oxygens (including phenoxy) is 3. The summed E-state index contributed by atoms with van der Waals surface area (Å²) in [5, 5.41) is 10.6. The molecule has 1 N–H and O–H groups in total. The Balaban J connectivity index is 2.78. The monoisotopic (exact) mass is 466 g/mol. The molecule has 0 aromatic heterocycles. The van der Waals surface area contributed by atoms with Gasteiger partial charge in [-0.3, -0.25) is 0 Å². The van der Waals surface area contributed by atoms with Gasteiger partial charge >= 0.3 is 0 Å². The van der Waals surface area contributed by atoms with Crippen LogP contribution in [0.4, 0.5) is 0 Å². The third kappa shape index (κ3) is 7.99. The summed E-state index contributed by atoms with van der Waals surface area (Å²) in [7, 11) is -0.449. The Morgan fingerprint density at radius 1 is 0.938 bits per heavy atom. The summed E-state index contributed by atoms with van der Waals surface area (Å²) >= 11 is 0. The second-order valence-electron chi connectivity index (χ2n) is 9.59. The van der Waals surface area contributed by atoms with Crippen molar-refractivity contribution < 1.29 is 23.7 Å². The summed E-state index contributed by atoms with van der Waals surface area (Å²) in [6.45, 7) is 20.4. The van der Waals surface area contributed by atoms with Crippen molar-refractivity contribution in [2.75, 3.05) is 20.5 Å². The van der Waals surface area contributed by atoms with Crippen LogP contribution in [0.2, 0.25) is 16.6 Å². The molecule has 5 nitrogen and oxygen atoms in total. The number of benzene rings is 1. The molecule has 0 unspecified atom stereocenters. The van der Waals surface area contributed by atoms with Gasteiger partial charge in [0.1, 0.15) is 12.5 Å². The molecule has 0 aliphatic heterocycles. The molecular weight excluding hydrogens is 420 g/mol. The molecule has 0 amide bonds. The van der Waals surface area contributed by atoms with Gasteiger partial charge in [-0.05, 0) is 47.7 Å². The van der Waals surface area contributed by atoms with E-state index in [2.05, 4.69) is 48.1 Å². The summed E-state index contributed by atoms with van der Waals surface area (Å²) in [6.07, 6.45) is 1.89. The highest BCUT2D eigenvalue weighted by Gasteiger charge is 2.47. The van der Waals surface area contributed by atoms with Crippen LogP contribution in [0.3, 0.4) is 0 Å². The summed E-state index contributed by atoms with van der Waals surface area (Å²) < 4.78 is 23.7. The molecule has 0 aliphatic carbocycles. The second kappa shape index (κ2) is 14.2. The first-order valence-electron chi connectivity index (χ1n) is 11.8. The van der Waals surface area contributed by atoms with Crippen LogP contribution in [0.1, 0.15) is 60.5 Å². The van der Waals surface area contributed by atoms with Crippen molar-refractivity contribution in [1.29, 1.82) is 0 Å². The van der Waals surface area contributed by atoms with E-state index < -0.39 is 14.4 Å². The second-order valence-corrected chi connectivity index (χ2v) is 15.0. The Morgan fingerprint density at radius 2 is 1.50 bits per heavy atom. The molecule has 0 spiro atoms. The van der Waals surface area contributed by atoms with Crippen LogP contribution in [-0.2, 0) is 20.5 Å². The molecule has 0 saturated carbocycles. The van der Waals surface area contributed by atoms with E-state index in [0.717, 1.165) is 11.3 Å². The van der Waals surface area contributed by atoms with Gasteiger partial charge in [-0.15, -0.1) is 6.58 Å². The number of hydrogen-bond donors (Lipinski definition) is 1. The van der Waals surface area contributed by atoms with E-state index in [4.69, 9.17) is 18.6 Å². The first-order valence-corrected chi connectivity index (χ1v) is 14.0. The van der Waals surface area contributed by atoms with Gasteiger partial charge in [0.25, 0.3) is 0 Å². The third-order valence-electron chi connectivity index (χ3n) is 6.46. The molecule has 0 bridgehead atoms. The van der Waals surface area contributed by atoms with Gasteiger partial charge in [0, 0.05) is 5.92 Å². The first-order chi connectivity index (χ1) is 15.1. The lowest BCUT2D eigenvalue weighted by Crippen LogP contribution is -2.53. The molecule has 0 fully saturated rings. The lowest BCUT2D eigenvalue weighted by Gasteiger charge is -2.46. The number of rotatable bonds is 16. The van der Waals surface area contributed by atoms with Crippen LogP contribution in [0.5, 0.6) is 5.75 Å². The third-order valence-corrected chi connectivity index (χ3v) is 12.6. The highest BCUT2D eigenvalue weighted by molar-refractivity contribution is 6.77. The maximum absolute atomic E-state index is 10.6. The van der Waals surface area contributed by atoms with E-state index in [1.807, 2.05) is 37.3 Å². The van der Waals surface area contributed by atoms with Gasteiger partial charge in [-0.1, -0.05) is 59.8 Å². The molecule has 1 aromatic rings. The fourth-order valence-corrected chi connectivity index (χ4v) is 10.4. The highest BCUT2D eigenvalue weighted by Crippen LogP contribution is 2.44. The smallest absolute Gasteiger partial charge is 0.200 e. The molecular formula is C26H46O5Si. The zero-order chi connectivity index (χ0) is 24.3. The van der Waals surface area contributed by atoms with Crippen LogP contribution in [0.15, 0.2) is 36.9 Å². The van der Waals surface area contributed by atoms with Crippen molar-refractivity contribution in [2.24, 2.45) is 5.92 Å². The van der Waals surface area contributed by atoms with Crippen molar-refractivity contribution in [1.82, 2.24) is 0 Å². The van der Waals surface area contributed by atoms with Crippen LogP contribution in [-0.4, -0.2) is 46.1 Å². The molecule has 0 saturated heterocycles. The normalized spacial score (nSPS) is 15.2. The Bertz CT molecular complexity index is 620. The standard InChI is InChI=1S/C26H46O5Si/c1-10-11-26(31-32(19(2)3,20(4)5)21(6)7)25(22(8)27)17-30-18-29-16-23-12-14-24(28-9)15-13-23/h10,12-15,19-22,25-27H,1,11,16-18H2,2-9H3/t22-,25-,26+/m0/s1. The highest BCUT2D eigenvalue weighted by atomic mass is 28.4. The molecule has 0 aliphatic rings. The fraction of sp³-hybridized carbons (Fsp3) is 0.692. The van der Waals surface area contributed by atoms with Crippen LogP contribution in [0.25, 0.3) is 0 Å². The summed E-state index contributed by atoms with van der Waals surface area (Å²) in [6, 6.07) is 7.77. The number of aliphatic hydroxyl groups excluding tert-OH is 1. The van der Waals surface area contributed by atoms with E-state index in [9.17, 15) is 5.11 Å². The maximum atomic E-state index is 10.6. The summed E-state index contributed by atoms with van der Waals surface area (Å²) in [4.78, 5) is 0. The lowest BCUT2D eigenvalue weighted by atomic mass is 9.95. The lowest BCUT2D eigenvalue weighted by molar-refractivity contribution is -0.0988. The number of hydrogen-bond acceptors (Lipinski definition) is 5. The predicted octanol–water partition coefficient (Wildman–Crippen LogP) is 6.32. The SMILES string of the molecule is C=CC[C@@H](O[Si](C(C)C)(C(C)C)C(C)C)[C@@H](COCOCc1ccc(OC)cc1)[C@H](C)O. The maximum Gasteiger partial charge on any atom is 0.200 e. The van der Waals surface area contributed by atoms with Crippen LogP contribution >= 0.6 is 0 Å². The van der Waals surface area contributed by atoms with Crippen molar-refractivity contribution >= 4 is 8.32 Å². The minimum absolute atomic E-state index is 0.132. The van der Waals surface area contributed by atoms with Gasteiger partial charge in [-0.2, -0.15) is 0 Å². The molecule has 1 rings (SSSR count). The van der Waals surface area contributed by atoms with Crippen LogP contribution in [0, 0.1) is 5.92 Å². The molecule has 32 heavy (non-hydrogen) atoms. The minimum atomic E-state index is -2.10. The summed E-state index contributed by atoms with van der Waals surface area (Å²) in [5.74, 6) is 0.669. The van der Waals surface area contributed by atoms with Gasteiger partial charge in [0.15, 0.2) is 0 Å². The quantitative estimate of drug-likeness (QED) is 0.134. The van der Waals surface area contributed by atoms with Gasteiger partial charge in [0.2, 0.25) is 8.32 Å². The Labute approximate surface area is 197 Å². The van der Waals surface area contributed by atoms with Crippen LogP contribution < -0.4 is 4.74 Å². The number of methoxy groups -OCH3 is 1. The molecule has 0 heterocycles. The molecule has 0 radical (unpaired) electrons.